The van der Waals surface area contributed by atoms with Crippen LogP contribution in [-0.2, 0) is 14.4 Å². The molecule has 0 aliphatic carbocycles. The standard InChI is InChI=1S/C20H15F2N3O5S/c21-12-5-6-14(13(22)8-12)24-18(27)9-25-19(28)16(31-20(25)29)7-11-3-1-2-4-15(11)30-10-17(23)26/h1-8H,9-10H2,(H2,23,26)(H,24,27). The van der Waals surface area contributed by atoms with E-state index in [1.54, 1.807) is 24.3 Å². The predicted molar refractivity (Wildman–Crippen MR) is 109 cm³/mol. The molecule has 3 rings (SSSR count). The third-order valence-corrected chi connectivity index (χ3v) is 4.86. The van der Waals surface area contributed by atoms with Crippen LogP contribution >= 0.6 is 11.8 Å². The minimum Gasteiger partial charge on any atom is -0.483 e. The second kappa shape index (κ2) is 9.39. The molecule has 0 spiro atoms. The molecule has 11 heteroatoms. The second-order valence-corrected chi connectivity index (χ2v) is 7.23. The molecule has 1 aliphatic rings. The monoisotopic (exact) mass is 447 g/mol. The van der Waals surface area contributed by atoms with E-state index in [1.807, 2.05) is 0 Å². The first-order chi connectivity index (χ1) is 14.7. The highest BCUT2D eigenvalue weighted by atomic mass is 32.2. The fraction of sp³-hybridized carbons (Fsp3) is 0.100. The summed E-state index contributed by atoms with van der Waals surface area (Å²) in [5.41, 5.74) is 5.20. The van der Waals surface area contributed by atoms with Crippen molar-refractivity contribution in [2.24, 2.45) is 5.73 Å². The number of nitrogens with zero attached hydrogens (tertiary/aromatic N) is 1. The highest BCUT2D eigenvalue weighted by molar-refractivity contribution is 8.18. The highest BCUT2D eigenvalue weighted by Gasteiger charge is 2.36. The van der Waals surface area contributed by atoms with E-state index in [2.05, 4.69) is 5.32 Å². The Balaban J connectivity index is 1.72. The quantitative estimate of drug-likeness (QED) is 0.630. The van der Waals surface area contributed by atoms with E-state index in [4.69, 9.17) is 10.5 Å². The summed E-state index contributed by atoms with van der Waals surface area (Å²) < 4.78 is 31.9. The van der Waals surface area contributed by atoms with Gasteiger partial charge in [-0.25, -0.2) is 8.78 Å². The summed E-state index contributed by atoms with van der Waals surface area (Å²) in [5, 5.41) is 1.49. The zero-order chi connectivity index (χ0) is 22.5. The van der Waals surface area contributed by atoms with Gasteiger partial charge in [0.15, 0.2) is 6.61 Å². The van der Waals surface area contributed by atoms with Crippen LogP contribution in [0.1, 0.15) is 5.56 Å². The maximum Gasteiger partial charge on any atom is 0.294 e. The van der Waals surface area contributed by atoms with Crippen molar-refractivity contribution in [1.29, 1.82) is 0 Å². The van der Waals surface area contributed by atoms with Crippen molar-refractivity contribution < 1.29 is 32.7 Å². The average molecular weight is 447 g/mol. The zero-order valence-electron chi connectivity index (χ0n) is 15.8. The SMILES string of the molecule is NC(=O)COc1ccccc1C=C1SC(=O)N(CC(=O)Nc2ccc(F)cc2F)C1=O. The molecule has 160 valence electrons. The number of halogens is 2. The van der Waals surface area contributed by atoms with Crippen molar-refractivity contribution in [3.63, 3.8) is 0 Å². The molecule has 0 aromatic heterocycles. The fourth-order valence-electron chi connectivity index (χ4n) is 2.58. The van der Waals surface area contributed by atoms with Crippen LogP contribution in [-0.4, -0.2) is 41.0 Å². The Labute approximate surface area is 179 Å². The molecule has 0 bridgehead atoms. The van der Waals surface area contributed by atoms with Gasteiger partial charge in [0.2, 0.25) is 5.91 Å². The number of carbonyl (C=O) groups is 4. The molecule has 0 atom stereocenters. The predicted octanol–water partition coefficient (Wildman–Crippen LogP) is 2.50. The van der Waals surface area contributed by atoms with E-state index in [1.165, 1.54) is 6.08 Å². The van der Waals surface area contributed by atoms with E-state index >= 15 is 0 Å². The van der Waals surface area contributed by atoms with Gasteiger partial charge in [0.1, 0.15) is 23.9 Å². The summed E-state index contributed by atoms with van der Waals surface area (Å²) >= 11 is 0.611. The van der Waals surface area contributed by atoms with Gasteiger partial charge in [0.05, 0.1) is 10.6 Å². The van der Waals surface area contributed by atoms with Crippen LogP contribution in [0.25, 0.3) is 6.08 Å². The van der Waals surface area contributed by atoms with Crippen LogP contribution in [0, 0.1) is 11.6 Å². The van der Waals surface area contributed by atoms with E-state index < -0.39 is 41.1 Å². The Kier molecular flexibility index (Phi) is 6.65. The minimum atomic E-state index is -0.991. The van der Waals surface area contributed by atoms with E-state index in [-0.39, 0.29) is 22.9 Å². The van der Waals surface area contributed by atoms with Crippen molar-refractivity contribution >= 4 is 46.5 Å². The van der Waals surface area contributed by atoms with Crippen LogP contribution < -0.4 is 15.8 Å². The molecule has 2 aromatic rings. The largest absolute Gasteiger partial charge is 0.483 e. The van der Waals surface area contributed by atoms with Gasteiger partial charge in [0.25, 0.3) is 17.1 Å². The normalized spacial score (nSPS) is 14.8. The van der Waals surface area contributed by atoms with Gasteiger partial charge in [0, 0.05) is 11.6 Å². The van der Waals surface area contributed by atoms with Crippen molar-refractivity contribution in [3.8, 4) is 5.75 Å². The number of imide groups is 1. The third kappa shape index (κ3) is 5.45. The number of thioether (sulfide) groups is 1. The molecular weight excluding hydrogens is 432 g/mol. The van der Waals surface area contributed by atoms with E-state index in [0.717, 1.165) is 12.1 Å². The van der Waals surface area contributed by atoms with Gasteiger partial charge in [-0.1, -0.05) is 18.2 Å². The van der Waals surface area contributed by atoms with Crippen molar-refractivity contribution in [2.75, 3.05) is 18.5 Å². The van der Waals surface area contributed by atoms with Gasteiger partial charge in [-0.2, -0.15) is 0 Å². The topological polar surface area (TPSA) is 119 Å². The van der Waals surface area contributed by atoms with Crippen LogP contribution in [0.3, 0.4) is 0 Å². The molecule has 2 aromatic carbocycles. The summed E-state index contributed by atoms with van der Waals surface area (Å²) in [5.74, 6) is -3.77. The number of nitrogens with one attached hydrogen (secondary N) is 1. The maximum absolute atomic E-state index is 13.7. The van der Waals surface area contributed by atoms with Gasteiger partial charge in [-0.3, -0.25) is 24.1 Å². The fourth-order valence-corrected chi connectivity index (χ4v) is 3.41. The number of hydrogen-bond donors (Lipinski definition) is 2. The smallest absolute Gasteiger partial charge is 0.294 e. The van der Waals surface area contributed by atoms with Gasteiger partial charge in [-0.05, 0) is 36.0 Å². The third-order valence-electron chi connectivity index (χ3n) is 3.96. The van der Waals surface area contributed by atoms with Crippen LogP contribution in [0.5, 0.6) is 5.75 Å². The number of ether oxygens (including phenoxy) is 1. The lowest BCUT2D eigenvalue weighted by Gasteiger charge is -2.13. The van der Waals surface area contributed by atoms with Crippen LogP contribution in [0.4, 0.5) is 19.3 Å². The number of amides is 4. The Morgan fingerprint density at radius 1 is 1.16 bits per heavy atom. The van der Waals surface area contributed by atoms with E-state index in [9.17, 15) is 28.0 Å². The van der Waals surface area contributed by atoms with Crippen LogP contribution in [0.15, 0.2) is 47.4 Å². The molecule has 0 radical (unpaired) electrons. The Bertz CT molecular complexity index is 1110. The summed E-state index contributed by atoms with van der Waals surface area (Å²) in [6, 6.07) is 9.06. The average Bonchev–Trinajstić information content (AvgIpc) is 2.97. The van der Waals surface area contributed by atoms with Crippen molar-refractivity contribution in [3.05, 3.63) is 64.6 Å². The molecule has 0 unspecified atom stereocenters. The van der Waals surface area contributed by atoms with E-state index in [0.29, 0.717) is 28.3 Å². The summed E-state index contributed by atoms with van der Waals surface area (Å²) in [6.45, 7) is -1.02. The Morgan fingerprint density at radius 3 is 2.61 bits per heavy atom. The van der Waals surface area contributed by atoms with Crippen molar-refractivity contribution in [2.45, 2.75) is 0 Å². The summed E-state index contributed by atoms with van der Waals surface area (Å²) in [4.78, 5) is 48.6. The van der Waals surface area contributed by atoms with Gasteiger partial charge < -0.3 is 15.8 Å². The number of para-hydroxylation sites is 1. The lowest BCUT2D eigenvalue weighted by atomic mass is 10.2. The maximum atomic E-state index is 13.7. The number of benzene rings is 2. The lowest BCUT2D eigenvalue weighted by Crippen LogP contribution is -2.36. The molecule has 1 saturated heterocycles. The first-order valence-electron chi connectivity index (χ1n) is 8.75. The number of primary amides is 1. The Morgan fingerprint density at radius 2 is 1.90 bits per heavy atom. The minimum absolute atomic E-state index is 0.0286. The van der Waals surface area contributed by atoms with Gasteiger partial charge >= 0.3 is 0 Å². The number of rotatable bonds is 7. The molecule has 8 nitrogen and oxygen atoms in total. The molecule has 3 N–H and O–H groups in total. The first-order valence-corrected chi connectivity index (χ1v) is 9.56. The molecule has 4 amide bonds. The zero-order valence-corrected chi connectivity index (χ0v) is 16.6. The highest BCUT2D eigenvalue weighted by Crippen LogP contribution is 2.34. The molecule has 0 saturated carbocycles. The second-order valence-electron chi connectivity index (χ2n) is 6.23. The number of anilines is 1. The lowest BCUT2D eigenvalue weighted by molar-refractivity contribution is -0.127. The van der Waals surface area contributed by atoms with Gasteiger partial charge in [-0.15, -0.1) is 0 Å². The first kappa shape index (κ1) is 22.0. The molecule has 1 aliphatic heterocycles. The number of nitrogens with two attached hydrogens (primary N) is 1. The van der Waals surface area contributed by atoms with Crippen LogP contribution in [0.2, 0.25) is 0 Å². The molecular formula is C20H15F2N3O5S. The Hall–Kier alpha value is -3.73. The molecule has 31 heavy (non-hydrogen) atoms. The number of carbonyl (C=O) groups excluding carboxylic acids is 4. The molecule has 1 fully saturated rings. The molecule has 1 heterocycles. The number of hydrogen-bond acceptors (Lipinski definition) is 6. The summed E-state index contributed by atoms with van der Waals surface area (Å²) in [6.07, 6.45) is 1.39. The summed E-state index contributed by atoms with van der Waals surface area (Å²) in [7, 11) is 0. The van der Waals surface area contributed by atoms with Crippen molar-refractivity contribution in [1.82, 2.24) is 4.90 Å².